The van der Waals surface area contributed by atoms with E-state index in [4.69, 9.17) is 42.8 Å². The van der Waals surface area contributed by atoms with Gasteiger partial charge in [0.2, 0.25) is 5.95 Å². The van der Waals surface area contributed by atoms with E-state index in [2.05, 4.69) is 35.5 Å². The number of anilines is 2. The van der Waals surface area contributed by atoms with Crippen LogP contribution in [0.15, 0.2) is 31.0 Å². The third kappa shape index (κ3) is 6.58. The lowest BCUT2D eigenvalue weighted by Crippen LogP contribution is -2.56. The molecule has 1 aromatic carbocycles. The summed E-state index contributed by atoms with van der Waals surface area (Å²) in [6.07, 6.45) is 7.63. The number of piperidine rings is 1. The van der Waals surface area contributed by atoms with Crippen LogP contribution < -0.4 is 10.2 Å². The van der Waals surface area contributed by atoms with E-state index in [1.54, 1.807) is 6.07 Å². The number of nitrogens with zero attached hydrogens (tertiary/aromatic N) is 4. The van der Waals surface area contributed by atoms with E-state index in [1.165, 1.54) is 38.8 Å². The first-order valence-corrected chi connectivity index (χ1v) is 14.2. The molecule has 0 spiro atoms. The van der Waals surface area contributed by atoms with Crippen molar-refractivity contribution in [3.05, 3.63) is 52.1 Å². The topological polar surface area (TPSA) is 78.4 Å². The second kappa shape index (κ2) is 12.6. The zero-order valence-electron chi connectivity index (χ0n) is 22.4. The monoisotopic (exact) mass is 557 g/mol. The summed E-state index contributed by atoms with van der Waals surface area (Å²) in [4.78, 5) is 31.0. The SMILES string of the molecule is C=C(C)c1cnc(N2CC([C@H]3CCCN(C4CC(C)C4)C3)C2)nc1N[C@H](C)c1ccc(Cl)cc1Cl.O=C=O. The van der Waals surface area contributed by atoms with Crippen LogP contribution in [0.3, 0.4) is 0 Å². The van der Waals surface area contributed by atoms with Gasteiger partial charge >= 0.3 is 6.15 Å². The minimum Gasteiger partial charge on any atom is -0.363 e. The molecule has 1 aromatic heterocycles. The van der Waals surface area contributed by atoms with Gasteiger partial charge in [-0.2, -0.15) is 14.6 Å². The Bertz CT molecular complexity index is 1170. The summed E-state index contributed by atoms with van der Waals surface area (Å²) in [6, 6.07) is 6.41. The molecule has 9 heteroatoms. The van der Waals surface area contributed by atoms with E-state index in [9.17, 15) is 0 Å². The molecule has 2 aliphatic heterocycles. The van der Waals surface area contributed by atoms with Gasteiger partial charge in [0.1, 0.15) is 5.82 Å². The molecule has 3 aliphatic rings. The fourth-order valence-corrected chi connectivity index (χ4v) is 6.54. The molecule has 3 heterocycles. The molecular formula is C29H37Cl2N5O2. The van der Waals surface area contributed by atoms with E-state index in [0.29, 0.717) is 10.0 Å². The van der Waals surface area contributed by atoms with Gasteiger partial charge in [-0.15, -0.1) is 0 Å². The molecule has 0 radical (unpaired) electrons. The van der Waals surface area contributed by atoms with Gasteiger partial charge in [-0.3, -0.25) is 0 Å². The Kier molecular flexibility index (Phi) is 9.48. The van der Waals surface area contributed by atoms with Crippen LogP contribution in [0.4, 0.5) is 11.8 Å². The maximum atomic E-state index is 8.12. The molecule has 204 valence electrons. The second-order valence-electron chi connectivity index (χ2n) is 11.1. The number of allylic oxidation sites excluding steroid dienone is 1. The minimum absolute atomic E-state index is 0.0350. The summed E-state index contributed by atoms with van der Waals surface area (Å²) in [5, 5.41) is 4.83. The van der Waals surface area contributed by atoms with Gasteiger partial charge in [-0.25, -0.2) is 4.98 Å². The Morgan fingerprint density at radius 1 is 1.18 bits per heavy atom. The fraction of sp³-hybridized carbons (Fsp3) is 0.552. The van der Waals surface area contributed by atoms with Crippen LogP contribution in [0, 0.1) is 17.8 Å². The summed E-state index contributed by atoms with van der Waals surface area (Å²) >= 11 is 12.5. The van der Waals surface area contributed by atoms with Gasteiger partial charge in [0.15, 0.2) is 0 Å². The van der Waals surface area contributed by atoms with Crippen molar-refractivity contribution < 1.29 is 9.59 Å². The highest BCUT2D eigenvalue weighted by atomic mass is 35.5. The molecule has 0 bridgehead atoms. The highest BCUT2D eigenvalue weighted by Gasteiger charge is 2.40. The summed E-state index contributed by atoms with van der Waals surface area (Å²) < 4.78 is 0. The molecule has 0 amide bonds. The molecule has 1 N–H and O–H groups in total. The molecule has 2 aromatic rings. The summed E-state index contributed by atoms with van der Waals surface area (Å²) in [7, 11) is 0. The Labute approximate surface area is 235 Å². The average Bonchev–Trinajstić information content (AvgIpc) is 2.82. The number of rotatable bonds is 7. The van der Waals surface area contributed by atoms with Gasteiger partial charge in [-0.1, -0.05) is 42.8 Å². The van der Waals surface area contributed by atoms with E-state index in [1.807, 2.05) is 25.3 Å². The molecular weight excluding hydrogens is 521 g/mol. The lowest BCUT2D eigenvalue weighted by molar-refractivity contribution is -0.191. The number of nitrogens with one attached hydrogen (secondary N) is 1. The number of hydrogen-bond acceptors (Lipinski definition) is 7. The van der Waals surface area contributed by atoms with Crippen molar-refractivity contribution in [3.8, 4) is 0 Å². The van der Waals surface area contributed by atoms with Gasteiger partial charge in [0.05, 0.1) is 6.04 Å². The third-order valence-electron chi connectivity index (χ3n) is 8.23. The molecule has 2 saturated heterocycles. The van der Waals surface area contributed by atoms with Crippen molar-refractivity contribution in [2.24, 2.45) is 17.8 Å². The smallest absolute Gasteiger partial charge is 0.363 e. The zero-order chi connectivity index (χ0) is 27.4. The van der Waals surface area contributed by atoms with E-state index in [0.717, 1.165) is 65.4 Å². The molecule has 38 heavy (non-hydrogen) atoms. The predicted molar refractivity (Wildman–Crippen MR) is 152 cm³/mol. The number of benzene rings is 1. The number of aromatic nitrogens is 2. The van der Waals surface area contributed by atoms with Crippen LogP contribution in [-0.2, 0) is 9.59 Å². The maximum Gasteiger partial charge on any atom is 0.373 e. The summed E-state index contributed by atoms with van der Waals surface area (Å²) in [6.45, 7) is 15.2. The second-order valence-corrected chi connectivity index (χ2v) is 12.0. The zero-order valence-corrected chi connectivity index (χ0v) is 23.9. The first kappa shape index (κ1) is 28.6. The van der Waals surface area contributed by atoms with Crippen molar-refractivity contribution in [3.63, 3.8) is 0 Å². The van der Waals surface area contributed by atoms with Gasteiger partial charge in [0.25, 0.3) is 0 Å². The molecule has 0 unspecified atom stereocenters. The maximum absolute atomic E-state index is 8.12. The fourth-order valence-electron chi connectivity index (χ4n) is 5.97. The summed E-state index contributed by atoms with van der Waals surface area (Å²) in [5.41, 5.74) is 2.85. The first-order chi connectivity index (χ1) is 18.2. The standard InChI is InChI=1S/C28H37Cl2N5.CO2/c1-17(2)25-13-31-28(33-27(25)32-19(4)24-8-7-22(29)12-26(24)30)35-15-21(16-35)20-6-5-9-34(14-20)23-10-18(3)11-23;2-1-3/h7-8,12-13,18-21,23H,1,5-6,9-11,14-16H2,2-4H3,(H,31,32,33);/t18?,19-,20+,23?;/m1./s1. The van der Waals surface area contributed by atoms with Gasteiger partial charge in [0, 0.05) is 47.5 Å². The van der Waals surface area contributed by atoms with Crippen molar-refractivity contribution in [1.29, 1.82) is 0 Å². The van der Waals surface area contributed by atoms with E-state index >= 15 is 0 Å². The van der Waals surface area contributed by atoms with E-state index in [-0.39, 0.29) is 12.2 Å². The van der Waals surface area contributed by atoms with Crippen molar-refractivity contribution in [2.45, 2.75) is 58.5 Å². The van der Waals surface area contributed by atoms with Crippen LogP contribution in [0.2, 0.25) is 10.0 Å². The van der Waals surface area contributed by atoms with Crippen LogP contribution in [0.1, 0.15) is 63.6 Å². The largest absolute Gasteiger partial charge is 0.373 e. The van der Waals surface area contributed by atoms with Crippen LogP contribution in [0.5, 0.6) is 0 Å². The molecule has 1 aliphatic carbocycles. The van der Waals surface area contributed by atoms with E-state index < -0.39 is 0 Å². The molecule has 2 atom stereocenters. The normalized spacial score (nSPS) is 24.2. The van der Waals surface area contributed by atoms with Crippen molar-refractivity contribution >= 4 is 46.7 Å². The number of hydrogen-bond donors (Lipinski definition) is 1. The van der Waals surface area contributed by atoms with Gasteiger partial charge < -0.3 is 15.1 Å². The Morgan fingerprint density at radius 2 is 1.89 bits per heavy atom. The predicted octanol–water partition coefficient (Wildman–Crippen LogP) is 6.35. The lowest BCUT2D eigenvalue weighted by atomic mass is 9.76. The number of likely N-dealkylation sites (tertiary alicyclic amines) is 1. The van der Waals surface area contributed by atoms with Crippen LogP contribution >= 0.6 is 23.2 Å². The highest BCUT2D eigenvalue weighted by molar-refractivity contribution is 6.35. The van der Waals surface area contributed by atoms with Crippen LogP contribution in [-0.4, -0.2) is 53.2 Å². The summed E-state index contributed by atoms with van der Waals surface area (Å²) in [5.74, 6) is 4.05. The van der Waals surface area contributed by atoms with Crippen LogP contribution in [0.25, 0.3) is 5.57 Å². The number of carbonyl (C=O) groups excluding carboxylic acids is 2. The van der Waals surface area contributed by atoms with Crippen molar-refractivity contribution in [1.82, 2.24) is 14.9 Å². The Morgan fingerprint density at radius 3 is 2.53 bits per heavy atom. The molecule has 7 nitrogen and oxygen atoms in total. The minimum atomic E-state index is -0.0350. The quantitative estimate of drug-likeness (QED) is 0.424. The Balaban J connectivity index is 0.00000107. The van der Waals surface area contributed by atoms with Crippen molar-refractivity contribution in [2.75, 3.05) is 36.4 Å². The first-order valence-electron chi connectivity index (χ1n) is 13.4. The molecule has 1 saturated carbocycles. The third-order valence-corrected chi connectivity index (χ3v) is 8.79. The molecule has 3 fully saturated rings. The lowest BCUT2D eigenvalue weighted by Gasteiger charge is -2.50. The highest BCUT2D eigenvalue weighted by Crippen LogP contribution is 2.38. The average molecular weight is 559 g/mol. The molecule has 5 rings (SSSR count). The number of halogens is 2. The Hall–Kier alpha value is -2.44. The van der Waals surface area contributed by atoms with Gasteiger partial charge in [-0.05, 0) is 87.1 Å².